The van der Waals surface area contributed by atoms with Gasteiger partial charge in [0.05, 0.1) is 5.56 Å². The van der Waals surface area contributed by atoms with Gasteiger partial charge in [0.25, 0.3) is 0 Å². The number of carboxylic acids is 1. The molecule has 0 fully saturated rings. The van der Waals surface area contributed by atoms with Gasteiger partial charge < -0.3 is 10.8 Å². The summed E-state index contributed by atoms with van der Waals surface area (Å²) in [5.41, 5.74) is 7.78. The maximum atomic E-state index is 11.2. The second kappa shape index (κ2) is 4.66. The van der Waals surface area contributed by atoms with Crippen molar-refractivity contribution in [1.82, 2.24) is 4.98 Å². The van der Waals surface area contributed by atoms with Crippen LogP contribution < -0.4 is 5.73 Å². The van der Waals surface area contributed by atoms with Crippen LogP contribution in [-0.2, 0) is 0 Å². The minimum absolute atomic E-state index is 0.115. The van der Waals surface area contributed by atoms with Gasteiger partial charge in [-0.25, -0.2) is 9.78 Å². The lowest BCUT2D eigenvalue weighted by Crippen LogP contribution is -2.03. The van der Waals surface area contributed by atoms with Gasteiger partial charge in [-0.2, -0.15) is 0 Å². The number of halogens is 1. The van der Waals surface area contributed by atoms with Crippen LogP contribution >= 0.6 is 11.6 Å². The third kappa shape index (κ3) is 2.43. The topological polar surface area (TPSA) is 76.2 Å². The molecule has 0 aliphatic heterocycles. The standard InChI is InChI=1S/C13H11ClN2O2/c1-7-2-8(4-9(14)3-7)11-6-16-12(15)5-10(11)13(17)18/h2-6H,1H3,(H2,15,16)(H,17,18). The molecule has 0 unspecified atom stereocenters. The highest BCUT2D eigenvalue weighted by molar-refractivity contribution is 6.31. The third-order valence-corrected chi connectivity index (χ3v) is 2.73. The number of anilines is 1. The fourth-order valence-electron chi connectivity index (χ4n) is 1.77. The summed E-state index contributed by atoms with van der Waals surface area (Å²) in [5, 5.41) is 9.73. The number of hydrogen-bond donors (Lipinski definition) is 2. The summed E-state index contributed by atoms with van der Waals surface area (Å²) >= 11 is 5.97. The second-order valence-corrected chi connectivity index (χ2v) is 4.41. The number of carboxylic acid groups (broad SMARTS) is 1. The molecule has 1 aromatic heterocycles. The van der Waals surface area contributed by atoms with Gasteiger partial charge in [0, 0.05) is 16.8 Å². The number of aryl methyl sites for hydroxylation is 1. The molecule has 0 aliphatic carbocycles. The highest BCUT2D eigenvalue weighted by Crippen LogP contribution is 2.28. The Morgan fingerprint density at radius 1 is 1.33 bits per heavy atom. The zero-order valence-electron chi connectivity index (χ0n) is 9.64. The summed E-state index contributed by atoms with van der Waals surface area (Å²) in [4.78, 5) is 15.1. The first-order valence-electron chi connectivity index (χ1n) is 5.24. The summed E-state index contributed by atoms with van der Waals surface area (Å²) in [6.45, 7) is 1.89. The van der Waals surface area contributed by atoms with E-state index >= 15 is 0 Å². The van der Waals surface area contributed by atoms with Crippen LogP contribution in [-0.4, -0.2) is 16.1 Å². The van der Waals surface area contributed by atoms with E-state index in [0.717, 1.165) is 5.56 Å². The highest BCUT2D eigenvalue weighted by atomic mass is 35.5. The number of aromatic nitrogens is 1. The predicted octanol–water partition coefficient (Wildman–Crippen LogP) is 2.99. The van der Waals surface area contributed by atoms with E-state index in [1.165, 1.54) is 12.3 Å². The van der Waals surface area contributed by atoms with Gasteiger partial charge in [-0.05, 0) is 36.2 Å². The molecule has 0 saturated heterocycles. The molecule has 3 N–H and O–H groups in total. The number of pyridine rings is 1. The Hall–Kier alpha value is -2.07. The smallest absolute Gasteiger partial charge is 0.336 e. The summed E-state index contributed by atoms with van der Waals surface area (Å²) in [7, 11) is 0. The zero-order chi connectivity index (χ0) is 13.3. The van der Waals surface area contributed by atoms with Crippen molar-refractivity contribution in [3.05, 3.63) is 46.6 Å². The van der Waals surface area contributed by atoms with Crippen molar-refractivity contribution < 1.29 is 9.90 Å². The van der Waals surface area contributed by atoms with E-state index in [1.54, 1.807) is 12.1 Å². The second-order valence-electron chi connectivity index (χ2n) is 3.98. The van der Waals surface area contributed by atoms with Crippen molar-refractivity contribution in [3.63, 3.8) is 0 Å². The SMILES string of the molecule is Cc1cc(Cl)cc(-c2cnc(N)cc2C(=O)O)c1. The Balaban J connectivity index is 2.66. The average Bonchev–Trinajstić information content (AvgIpc) is 2.27. The van der Waals surface area contributed by atoms with Crippen LogP contribution in [0, 0.1) is 6.92 Å². The van der Waals surface area contributed by atoms with Crippen LogP contribution in [0.1, 0.15) is 15.9 Å². The molecule has 1 heterocycles. The largest absolute Gasteiger partial charge is 0.478 e. The molecule has 2 rings (SSSR count). The van der Waals surface area contributed by atoms with Crippen molar-refractivity contribution >= 4 is 23.4 Å². The van der Waals surface area contributed by atoms with Crippen LogP contribution in [0.4, 0.5) is 5.82 Å². The van der Waals surface area contributed by atoms with E-state index in [1.807, 2.05) is 13.0 Å². The summed E-state index contributed by atoms with van der Waals surface area (Å²) in [6.07, 6.45) is 1.45. The lowest BCUT2D eigenvalue weighted by Gasteiger charge is -2.08. The van der Waals surface area contributed by atoms with Gasteiger partial charge >= 0.3 is 5.97 Å². The maximum absolute atomic E-state index is 11.2. The zero-order valence-corrected chi connectivity index (χ0v) is 10.4. The molecule has 4 nitrogen and oxygen atoms in total. The highest BCUT2D eigenvalue weighted by Gasteiger charge is 2.13. The molecule has 0 bridgehead atoms. The van der Waals surface area contributed by atoms with Crippen LogP contribution in [0.2, 0.25) is 5.02 Å². The summed E-state index contributed by atoms with van der Waals surface area (Å²) in [5.74, 6) is -0.869. The summed E-state index contributed by atoms with van der Waals surface area (Å²) < 4.78 is 0. The van der Waals surface area contributed by atoms with Gasteiger partial charge in [0.2, 0.25) is 0 Å². The fourth-order valence-corrected chi connectivity index (χ4v) is 2.06. The van der Waals surface area contributed by atoms with E-state index < -0.39 is 5.97 Å². The molecule has 0 saturated carbocycles. The monoisotopic (exact) mass is 262 g/mol. The molecule has 0 atom stereocenters. The first-order valence-corrected chi connectivity index (χ1v) is 5.61. The fraction of sp³-hybridized carbons (Fsp3) is 0.0769. The Bertz CT molecular complexity index is 606. The number of carbonyl (C=O) groups is 1. The van der Waals surface area contributed by atoms with Gasteiger partial charge in [0.1, 0.15) is 5.82 Å². The minimum Gasteiger partial charge on any atom is -0.478 e. The number of nitrogen functional groups attached to an aromatic ring is 1. The van der Waals surface area contributed by atoms with Gasteiger partial charge in [-0.3, -0.25) is 0 Å². The molecule has 1 aromatic carbocycles. The van der Waals surface area contributed by atoms with Crippen molar-refractivity contribution in [3.8, 4) is 11.1 Å². The number of aromatic carboxylic acids is 1. The quantitative estimate of drug-likeness (QED) is 0.872. The van der Waals surface area contributed by atoms with Crippen LogP contribution in [0.5, 0.6) is 0 Å². The van der Waals surface area contributed by atoms with E-state index in [4.69, 9.17) is 17.3 Å². The molecular formula is C13H11ClN2O2. The Kier molecular flexibility index (Phi) is 3.21. The number of rotatable bonds is 2. The van der Waals surface area contributed by atoms with E-state index in [0.29, 0.717) is 16.1 Å². The Morgan fingerprint density at radius 3 is 2.67 bits per heavy atom. The lowest BCUT2D eigenvalue weighted by molar-refractivity contribution is 0.0697. The van der Waals surface area contributed by atoms with E-state index in [9.17, 15) is 9.90 Å². The van der Waals surface area contributed by atoms with E-state index in [2.05, 4.69) is 4.98 Å². The Morgan fingerprint density at radius 2 is 2.06 bits per heavy atom. The lowest BCUT2D eigenvalue weighted by atomic mass is 10.0. The molecule has 0 spiro atoms. The molecule has 18 heavy (non-hydrogen) atoms. The van der Waals surface area contributed by atoms with Crippen LogP contribution in [0.3, 0.4) is 0 Å². The first-order chi connectivity index (χ1) is 8.47. The van der Waals surface area contributed by atoms with Gasteiger partial charge in [-0.15, -0.1) is 0 Å². The van der Waals surface area contributed by atoms with Crippen molar-refractivity contribution in [2.75, 3.05) is 5.73 Å². The molecule has 5 heteroatoms. The van der Waals surface area contributed by atoms with Crippen molar-refractivity contribution in [1.29, 1.82) is 0 Å². The van der Waals surface area contributed by atoms with Gasteiger partial charge in [0.15, 0.2) is 0 Å². The number of benzene rings is 1. The molecule has 0 aliphatic rings. The molecular weight excluding hydrogens is 252 g/mol. The molecule has 0 radical (unpaired) electrons. The molecule has 92 valence electrons. The number of nitrogens with two attached hydrogens (primary N) is 1. The molecule has 2 aromatic rings. The average molecular weight is 263 g/mol. The summed E-state index contributed by atoms with van der Waals surface area (Å²) in [6, 6.07) is 6.70. The third-order valence-electron chi connectivity index (χ3n) is 2.51. The van der Waals surface area contributed by atoms with Crippen LogP contribution in [0.25, 0.3) is 11.1 Å². The normalized spacial score (nSPS) is 10.3. The van der Waals surface area contributed by atoms with Gasteiger partial charge in [-0.1, -0.05) is 17.7 Å². The number of hydrogen-bond acceptors (Lipinski definition) is 3. The predicted molar refractivity (Wildman–Crippen MR) is 70.8 cm³/mol. The maximum Gasteiger partial charge on any atom is 0.336 e. The van der Waals surface area contributed by atoms with Crippen molar-refractivity contribution in [2.45, 2.75) is 6.92 Å². The first kappa shape index (κ1) is 12.4. The van der Waals surface area contributed by atoms with E-state index in [-0.39, 0.29) is 11.4 Å². The minimum atomic E-state index is -1.04. The number of nitrogens with zero attached hydrogens (tertiary/aromatic N) is 1. The Labute approximate surface area is 109 Å². The van der Waals surface area contributed by atoms with Crippen LogP contribution in [0.15, 0.2) is 30.5 Å². The van der Waals surface area contributed by atoms with Crippen molar-refractivity contribution in [2.24, 2.45) is 0 Å². The molecule has 0 amide bonds.